The van der Waals surface area contributed by atoms with Gasteiger partial charge in [0.15, 0.2) is 0 Å². The second-order valence-corrected chi connectivity index (χ2v) is 7.93. The van der Waals surface area contributed by atoms with Crippen molar-refractivity contribution >= 4 is 34.4 Å². The molecule has 0 unspecified atom stereocenters. The monoisotopic (exact) mass is 402 g/mol. The van der Waals surface area contributed by atoms with Crippen LogP contribution in [0.2, 0.25) is 0 Å². The Balaban J connectivity index is 1.79. The molecule has 2 amide bonds. The minimum atomic E-state index is -0.264. The average Bonchev–Trinajstić information content (AvgIpc) is 3.34. The maximum atomic E-state index is 13.5. The van der Waals surface area contributed by atoms with Crippen molar-refractivity contribution in [3.8, 4) is 0 Å². The van der Waals surface area contributed by atoms with Crippen molar-refractivity contribution in [1.29, 1.82) is 0 Å². The van der Waals surface area contributed by atoms with E-state index in [0.717, 1.165) is 16.0 Å². The Labute approximate surface area is 174 Å². The van der Waals surface area contributed by atoms with Gasteiger partial charge in [-0.25, -0.2) is 4.90 Å². The summed E-state index contributed by atoms with van der Waals surface area (Å²) < 4.78 is 0. The largest absolute Gasteiger partial charge is 0.362 e. The second kappa shape index (κ2) is 8.05. The van der Waals surface area contributed by atoms with Gasteiger partial charge in [-0.3, -0.25) is 9.59 Å². The molecule has 4 nitrogen and oxygen atoms in total. The van der Waals surface area contributed by atoms with Gasteiger partial charge in [0.1, 0.15) is 5.70 Å². The van der Waals surface area contributed by atoms with E-state index < -0.39 is 0 Å². The number of hydrogen-bond donors (Lipinski definition) is 0. The first-order valence-corrected chi connectivity index (χ1v) is 10.5. The zero-order valence-corrected chi connectivity index (χ0v) is 17.3. The number of benzene rings is 2. The highest BCUT2D eigenvalue weighted by Crippen LogP contribution is 2.37. The van der Waals surface area contributed by atoms with Crippen LogP contribution in [0.4, 0.5) is 5.69 Å². The first-order valence-electron chi connectivity index (χ1n) is 9.62. The lowest BCUT2D eigenvalue weighted by molar-refractivity contribution is -0.120. The topological polar surface area (TPSA) is 40.6 Å². The van der Waals surface area contributed by atoms with Crippen LogP contribution in [0.1, 0.15) is 22.9 Å². The van der Waals surface area contributed by atoms with Gasteiger partial charge in [-0.1, -0.05) is 54.1 Å². The second-order valence-electron chi connectivity index (χ2n) is 6.98. The molecule has 4 rings (SSSR count). The molecule has 0 spiro atoms. The summed E-state index contributed by atoms with van der Waals surface area (Å²) in [6.07, 6.45) is 0. The Morgan fingerprint density at radius 3 is 2.24 bits per heavy atom. The van der Waals surface area contributed by atoms with Crippen molar-refractivity contribution in [3.63, 3.8) is 0 Å². The third kappa shape index (κ3) is 3.61. The van der Waals surface area contributed by atoms with Gasteiger partial charge in [0.2, 0.25) is 0 Å². The predicted molar refractivity (Wildman–Crippen MR) is 117 cm³/mol. The van der Waals surface area contributed by atoms with Crippen molar-refractivity contribution in [1.82, 2.24) is 4.90 Å². The molecule has 0 atom stereocenters. The molecule has 1 aromatic heterocycles. The maximum absolute atomic E-state index is 13.5. The standard InChI is InChI=1S/C24H22N2O2S/c1-3-25(16-18-8-5-4-6-9-18)22-21(20-10-7-15-29-20)23(27)26(24(22)28)19-13-11-17(2)12-14-19/h4-15H,3,16H2,1-2H3. The first kappa shape index (κ1) is 19.2. The lowest BCUT2D eigenvalue weighted by atomic mass is 10.1. The number of rotatable bonds is 6. The van der Waals surface area contributed by atoms with Crippen LogP contribution in [0.5, 0.6) is 0 Å². The Morgan fingerprint density at radius 1 is 0.897 bits per heavy atom. The van der Waals surface area contributed by atoms with Gasteiger partial charge in [-0.2, -0.15) is 0 Å². The molecule has 1 aliphatic rings. The average molecular weight is 403 g/mol. The van der Waals surface area contributed by atoms with Gasteiger partial charge in [0.25, 0.3) is 11.8 Å². The number of anilines is 1. The summed E-state index contributed by atoms with van der Waals surface area (Å²) in [5.74, 6) is -0.525. The van der Waals surface area contributed by atoms with E-state index in [1.54, 1.807) is 0 Å². The molecule has 2 aromatic carbocycles. The van der Waals surface area contributed by atoms with E-state index in [-0.39, 0.29) is 11.8 Å². The van der Waals surface area contributed by atoms with Crippen LogP contribution in [-0.2, 0) is 16.1 Å². The summed E-state index contributed by atoms with van der Waals surface area (Å²) in [5, 5.41) is 1.93. The third-order valence-corrected chi connectivity index (χ3v) is 5.92. The number of imide groups is 1. The van der Waals surface area contributed by atoms with Crippen molar-refractivity contribution < 1.29 is 9.59 Å². The van der Waals surface area contributed by atoms with Crippen LogP contribution < -0.4 is 4.90 Å². The quantitative estimate of drug-likeness (QED) is 0.553. The number of nitrogens with zero attached hydrogens (tertiary/aromatic N) is 2. The van der Waals surface area contributed by atoms with Crippen LogP contribution in [-0.4, -0.2) is 23.3 Å². The number of likely N-dealkylation sites (N-methyl/N-ethyl adjacent to an activating group) is 1. The Bertz CT molecular complexity index is 1050. The van der Waals surface area contributed by atoms with E-state index in [4.69, 9.17) is 0 Å². The first-order chi connectivity index (χ1) is 14.1. The van der Waals surface area contributed by atoms with Crippen LogP contribution in [0, 0.1) is 6.92 Å². The van der Waals surface area contributed by atoms with Gasteiger partial charge in [-0.05, 0) is 43.0 Å². The molecule has 0 radical (unpaired) electrons. The fourth-order valence-electron chi connectivity index (χ4n) is 3.54. The van der Waals surface area contributed by atoms with E-state index in [1.807, 2.05) is 90.9 Å². The minimum absolute atomic E-state index is 0.261. The summed E-state index contributed by atoms with van der Waals surface area (Å²) in [6, 6.07) is 21.3. The highest BCUT2D eigenvalue weighted by atomic mass is 32.1. The molecule has 29 heavy (non-hydrogen) atoms. The summed E-state index contributed by atoms with van der Waals surface area (Å²) in [4.78, 5) is 31.0. The number of carbonyl (C=O) groups is 2. The number of hydrogen-bond acceptors (Lipinski definition) is 4. The third-order valence-electron chi connectivity index (χ3n) is 5.03. The minimum Gasteiger partial charge on any atom is -0.362 e. The zero-order chi connectivity index (χ0) is 20.4. The van der Waals surface area contributed by atoms with Crippen molar-refractivity contribution in [2.45, 2.75) is 20.4 Å². The van der Waals surface area contributed by atoms with Crippen molar-refractivity contribution in [2.24, 2.45) is 0 Å². The Kier molecular flexibility index (Phi) is 5.32. The molecule has 146 valence electrons. The summed E-state index contributed by atoms with van der Waals surface area (Å²) in [5.41, 5.74) is 3.75. The lowest BCUT2D eigenvalue weighted by Gasteiger charge is -2.24. The number of thiophene rings is 1. The highest BCUT2D eigenvalue weighted by molar-refractivity contribution is 7.11. The molecule has 0 N–H and O–H groups in total. The van der Waals surface area contributed by atoms with Crippen LogP contribution >= 0.6 is 11.3 Å². The zero-order valence-electron chi connectivity index (χ0n) is 16.5. The fourth-order valence-corrected chi connectivity index (χ4v) is 4.30. The fraction of sp³-hybridized carbons (Fsp3) is 0.167. The van der Waals surface area contributed by atoms with Crippen LogP contribution in [0.3, 0.4) is 0 Å². The molecule has 2 heterocycles. The molecule has 3 aromatic rings. The SMILES string of the molecule is CCN(Cc1ccccc1)C1=C(c2cccs2)C(=O)N(c2ccc(C)cc2)C1=O. The van der Waals surface area contributed by atoms with E-state index >= 15 is 0 Å². The van der Waals surface area contributed by atoms with Crippen molar-refractivity contribution in [2.75, 3.05) is 11.4 Å². The highest BCUT2D eigenvalue weighted by Gasteiger charge is 2.42. The molecule has 0 saturated heterocycles. The summed E-state index contributed by atoms with van der Waals surface area (Å²) in [6.45, 7) is 5.19. The van der Waals surface area contributed by atoms with E-state index in [9.17, 15) is 9.59 Å². The van der Waals surface area contributed by atoms with Crippen LogP contribution in [0.15, 0.2) is 77.8 Å². The van der Waals surface area contributed by atoms with Crippen LogP contribution in [0.25, 0.3) is 5.57 Å². The van der Waals surface area contributed by atoms with Crippen molar-refractivity contribution in [3.05, 3.63) is 93.8 Å². The Morgan fingerprint density at radius 2 is 1.62 bits per heavy atom. The number of aryl methyl sites for hydroxylation is 1. The van der Waals surface area contributed by atoms with Gasteiger partial charge >= 0.3 is 0 Å². The maximum Gasteiger partial charge on any atom is 0.282 e. The van der Waals surface area contributed by atoms with E-state index in [2.05, 4.69) is 0 Å². The van der Waals surface area contributed by atoms with Gasteiger partial charge < -0.3 is 4.90 Å². The van der Waals surface area contributed by atoms with Gasteiger partial charge in [0, 0.05) is 18.0 Å². The Hall–Kier alpha value is -3.18. The normalized spacial score (nSPS) is 14.1. The molecule has 0 saturated carbocycles. The molecular weight excluding hydrogens is 380 g/mol. The molecule has 0 bridgehead atoms. The van der Waals surface area contributed by atoms with E-state index in [0.29, 0.717) is 30.0 Å². The number of carbonyl (C=O) groups excluding carboxylic acids is 2. The molecule has 5 heteroatoms. The smallest absolute Gasteiger partial charge is 0.282 e. The van der Waals surface area contributed by atoms with Gasteiger partial charge in [-0.15, -0.1) is 11.3 Å². The van der Waals surface area contributed by atoms with E-state index in [1.165, 1.54) is 16.2 Å². The van der Waals surface area contributed by atoms with Gasteiger partial charge in [0.05, 0.1) is 11.3 Å². The molecule has 0 fully saturated rings. The molecular formula is C24H22N2O2S. The summed E-state index contributed by atoms with van der Waals surface area (Å²) >= 11 is 1.48. The molecule has 0 aliphatic carbocycles. The predicted octanol–water partition coefficient (Wildman–Crippen LogP) is 4.86. The number of amides is 2. The summed E-state index contributed by atoms with van der Waals surface area (Å²) in [7, 11) is 0. The molecule has 1 aliphatic heterocycles. The lowest BCUT2D eigenvalue weighted by Crippen LogP contribution is -2.35.